The van der Waals surface area contributed by atoms with Crippen LogP contribution in [0.25, 0.3) is 0 Å². The van der Waals surface area contributed by atoms with E-state index in [2.05, 4.69) is 22.9 Å². The molecule has 88 valence electrons. The summed E-state index contributed by atoms with van der Waals surface area (Å²) in [7, 11) is 0. The van der Waals surface area contributed by atoms with E-state index in [0.717, 1.165) is 11.2 Å². The molecule has 1 aliphatic heterocycles. The van der Waals surface area contributed by atoms with Crippen molar-refractivity contribution in [2.75, 3.05) is 5.33 Å². The third-order valence-electron chi connectivity index (χ3n) is 4.25. The molecule has 0 amide bonds. The topological polar surface area (TPSA) is 9.23 Å². The van der Waals surface area contributed by atoms with Crippen molar-refractivity contribution >= 4 is 15.9 Å². The zero-order valence-electron chi connectivity index (χ0n) is 9.80. The molecule has 0 aromatic carbocycles. The Hall–Kier alpha value is 0.440. The summed E-state index contributed by atoms with van der Waals surface area (Å²) in [4.78, 5) is 0. The van der Waals surface area contributed by atoms with Gasteiger partial charge < -0.3 is 4.74 Å². The van der Waals surface area contributed by atoms with Crippen LogP contribution >= 0.6 is 15.9 Å². The van der Waals surface area contributed by atoms with Crippen LogP contribution in [-0.2, 0) is 4.74 Å². The molecule has 2 rings (SSSR count). The zero-order valence-corrected chi connectivity index (χ0v) is 11.4. The van der Waals surface area contributed by atoms with Crippen LogP contribution in [0.3, 0.4) is 0 Å². The second-order valence-corrected chi connectivity index (χ2v) is 5.98. The van der Waals surface area contributed by atoms with Gasteiger partial charge in [0.1, 0.15) is 0 Å². The Morgan fingerprint density at radius 1 is 1.33 bits per heavy atom. The first kappa shape index (κ1) is 11.9. The van der Waals surface area contributed by atoms with Crippen molar-refractivity contribution in [3.8, 4) is 0 Å². The Morgan fingerprint density at radius 3 is 2.67 bits per heavy atom. The van der Waals surface area contributed by atoms with E-state index in [1.807, 2.05) is 0 Å². The molecule has 0 N–H and O–H groups in total. The first-order valence-electron chi connectivity index (χ1n) is 6.52. The van der Waals surface area contributed by atoms with Crippen LogP contribution in [0.1, 0.15) is 58.3 Å². The molecule has 1 nitrogen and oxygen atoms in total. The Bertz CT molecular complexity index is 195. The number of alkyl halides is 1. The second-order valence-electron chi connectivity index (χ2n) is 5.33. The largest absolute Gasteiger partial charge is 0.372 e. The van der Waals surface area contributed by atoms with E-state index in [0.29, 0.717) is 11.7 Å². The molecule has 2 atom stereocenters. The number of halogens is 1. The van der Waals surface area contributed by atoms with Crippen molar-refractivity contribution in [3.05, 3.63) is 0 Å². The van der Waals surface area contributed by atoms with E-state index < -0.39 is 0 Å². The molecule has 2 unspecified atom stereocenters. The van der Waals surface area contributed by atoms with E-state index in [9.17, 15) is 0 Å². The second kappa shape index (κ2) is 5.18. The molecule has 2 heteroatoms. The Kier molecular flexibility index (Phi) is 4.11. The van der Waals surface area contributed by atoms with Crippen molar-refractivity contribution in [1.82, 2.24) is 0 Å². The predicted molar refractivity (Wildman–Crippen MR) is 67.5 cm³/mol. The van der Waals surface area contributed by atoms with E-state index in [1.165, 1.54) is 51.4 Å². The lowest BCUT2D eigenvalue weighted by molar-refractivity contribution is -0.0433. The van der Waals surface area contributed by atoms with E-state index in [1.54, 1.807) is 0 Å². The van der Waals surface area contributed by atoms with E-state index in [-0.39, 0.29) is 0 Å². The van der Waals surface area contributed by atoms with Gasteiger partial charge in [-0.3, -0.25) is 0 Å². The third kappa shape index (κ3) is 2.76. The van der Waals surface area contributed by atoms with Crippen molar-refractivity contribution in [3.63, 3.8) is 0 Å². The fourth-order valence-electron chi connectivity index (χ4n) is 3.16. The highest BCUT2D eigenvalue weighted by atomic mass is 79.9. The van der Waals surface area contributed by atoms with Gasteiger partial charge in [-0.1, -0.05) is 42.1 Å². The van der Waals surface area contributed by atoms with Gasteiger partial charge in [-0.05, 0) is 38.0 Å². The van der Waals surface area contributed by atoms with Gasteiger partial charge >= 0.3 is 0 Å². The third-order valence-corrected chi connectivity index (χ3v) is 5.16. The van der Waals surface area contributed by atoms with E-state index in [4.69, 9.17) is 4.74 Å². The molecule has 1 aliphatic carbocycles. The first-order valence-corrected chi connectivity index (χ1v) is 7.64. The van der Waals surface area contributed by atoms with Crippen LogP contribution in [0.2, 0.25) is 0 Å². The van der Waals surface area contributed by atoms with Gasteiger partial charge in [-0.2, -0.15) is 0 Å². The molecule has 0 aromatic heterocycles. The molecular weight excluding hydrogens is 252 g/mol. The van der Waals surface area contributed by atoms with Gasteiger partial charge in [0, 0.05) is 5.33 Å². The maximum atomic E-state index is 6.32. The standard InChI is InChI=1S/C13H23BrO/c1-2-11(10-14)9-12-5-8-13(15-12)6-3-4-7-13/h11-12H,2-10H2,1H3. The van der Waals surface area contributed by atoms with Gasteiger partial charge in [0.15, 0.2) is 0 Å². The lowest BCUT2D eigenvalue weighted by Crippen LogP contribution is -2.25. The van der Waals surface area contributed by atoms with Crippen LogP contribution in [-0.4, -0.2) is 17.0 Å². The SMILES string of the molecule is CCC(CBr)CC1CCC2(CCCC2)O1. The van der Waals surface area contributed by atoms with Gasteiger partial charge in [0.2, 0.25) is 0 Å². The Balaban J connectivity index is 1.81. The van der Waals surface area contributed by atoms with Gasteiger partial charge in [0.25, 0.3) is 0 Å². The maximum absolute atomic E-state index is 6.32. The molecule has 1 saturated heterocycles. The summed E-state index contributed by atoms with van der Waals surface area (Å²) >= 11 is 3.60. The molecule has 0 bridgehead atoms. The highest BCUT2D eigenvalue weighted by Crippen LogP contribution is 2.44. The average Bonchev–Trinajstić information content (AvgIpc) is 2.87. The number of hydrogen-bond acceptors (Lipinski definition) is 1. The van der Waals surface area contributed by atoms with Crippen LogP contribution < -0.4 is 0 Å². The van der Waals surface area contributed by atoms with Gasteiger partial charge in [-0.15, -0.1) is 0 Å². The molecule has 1 saturated carbocycles. The van der Waals surface area contributed by atoms with Crippen LogP contribution in [0.4, 0.5) is 0 Å². The van der Waals surface area contributed by atoms with Crippen LogP contribution in [0, 0.1) is 5.92 Å². The summed E-state index contributed by atoms with van der Waals surface area (Å²) in [5.74, 6) is 0.812. The zero-order chi connectivity index (χ0) is 10.7. The fraction of sp³-hybridized carbons (Fsp3) is 1.00. The smallest absolute Gasteiger partial charge is 0.0687 e. The van der Waals surface area contributed by atoms with Gasteiger partial charge in [-0.25, -0.2) is 0 Å². The van der Waals surface area contributed by atoms with Crippen molar-refractivity contribution < 1.29 is 4.74 Å². The van der Waals surface area contributed by atoms with Crippen LogP contribution in [0.15, 0.2) is 0 Å². The summed E-state index contributed by atoms with van der Waals surface area (Å²) in [6.07, 6.45) is 11.2. The van der Waals surface area contributed by atoms with Crippen molar-refractivity contribution in [2.45, 2.75) is 70.0 Å². The van der Waals surface area contributed by atoms with Crippen molar-refractivity contribution in [1.29, 1.82) is 0 Å². The van der Waals surface area contributed by atoms with E-state index >= 15 is 0 Å². The average molecular weight is 275 g/mol. The summed E-state index contributed by atoms with van der Waals surface area (Å²) in [5.41, 5.74) is 0.329. The molecule has 15 heavy (non-hydrogen) atoms. The molecule has 0 aromatic rings. The minimum absolute atomic E-state index is 0.329. The Labute approximate surface area is 102 Å². The highest BCUT2D eigenvalue weighted by Gasteiger charge is 2.42. The lowest BCUT2D eigenvalue weighted by atomic mass is 9.96. The Morgan fingerprint density at radius 2 is 2.07 bits per heavy atom. The van der Waals surface area contributed by atoms with Crippen LogP contribution in [0.5, 0.6) is 0 Å². The molecule has 1 heterocycles. The molecule has 2 fully saturated rings. The van der Waals surface area contributed by atoms with Gasteiger partial charge in [0.05, 0.1) is 11.7 Å². The monoisotopic (exact) mass is 274 g/mol. The number of hydrogen-bond donors (Lipinski definition) is 0. The lowest BCUT2D eigenvalue weighted by Gasteiger charge is -2.25. The predicted octanol–water partition coefficient (Wildman–Crippen LogP) is 4.29. The highest BCUT2D eigenvalue weighted by molar-refractivity contribution is 9.09. The maximum Gasteiger partial charge on any atom is 0.0687 e. The number of rotatable bonds is 4. The normalized spacial score (nSPS) is 31.2. The molecule has 0 radical (unpaired) electrons. The number of ether oxygens (including phenoxy) is 1. The fourth-order valence-corrected chi connectivity index (χ4v) is 3.88. The van der Waals surface area contributed by atoms with Crippen molar-refractivity contribution in [2.24, 2.45) is 5.92 Å². The molecule has 2 aliphatic rings. The first-order chi connectivity index (χ1) is 7.28. The summed E-state index contributed by atoms with van der Waals surface area (Å²) < 4.78 is 6.32. The molecular formula is C13H23BrO. The summed E-state index contributed by atoms with van der Waals surface area (Å²) in [5, 5.41) is 1.14. The minimum Gasteiger partial charge on any atom is -0.372 e. The molecule has 1 spiro atoms. The summed E-state index contributed by atoms with van der Waals surface area (Å²) in [6.45, 7) is 2.28. The minimum atomic E-state index is 0.329. The quantitative estimate of drug-likeness (QED) is 0.695. The summed E-state index contributed by atoms with van der Waals surface area (Å²) in [6, 6.07) is 0.